The van der Waals surface area contributed by atoms with Crippen LogP contribution in [-0.4, -0.2) is 122 Å². The van der Waals surface area contributed by atoms with Gasteiger partial charge in [0.25, 0.3) is 5.69 Å². The Kier molecular flexibility index (Phi) is 8.22. The number of benzene rings is 1. The molecule has 0 spiro atoms. The van der Waals surface area contributed by atoms with Crippen molar-refractivity contribution in [2.75, 3.05) is 20.0 Å². The standard InChI is InChI=1S/C20H27NO15/c22-3-11-13(24)14(25)16(27)20(34-11)36-18-12(4-23)35-19(17(28)15(18)26)31-5-7-1-9-10(33-6-32-9)2-8(7)21(29)30/h1-2,11-20,22-28H,3-6H2/t11-,12-,13+,14+,15-,16-,17-,18-,19-,20+/m1/s1. The van der Waals surface area contributed by atoms with Gasteiger partial charge in [-0.1, -0.05) is 0 Å². The summed E-state index contributed by atoms with van der Waals surface area (Å²) in [5.41, 5.74) is -0.276. The first kappa shape index (κ1) is 26.8. The minimum Gasteiger partial charge on any atom is -0.454 e. The molecule has 4 rings (SSSR count). The fraction of sp³-hybridized carbons (Fsp3) is 0.700. The molecule has 2 fully saturated rings. The molecule has 0 amide bonds. The highest BCUT2D eigenvalue weighted by molar-refractivity contribution is 5.55. The van der Waals surface area contributed by atoms with Crippen LogP contribution in [0, 0.1) is 10.1 Å². The van der Waals surface area contributed by atoms with Gasteiger partial charge in [-0.25, -0.2) is 0 Å². The third-order valence-corrected chi connectivity index (χ3v) is 6.13. The molecule has 0 aliphatic carbocycles. The number of nitrogens with zero attached hydrogens (tertiary/aromatic N) is 1. The Morgan fingerprint density at radius 1 is 0.861 bits per heavy atom. The Hall–Kier alpha value is -2.22. The molecule has 3 aliphatic rings. The molecule has 0 radical (unpaired) electrons. The third kappa shape index (κ3) is 5.11. The minimum absolute atomic E-state index is 0.0646. The van der Waals surface area contributed by atoms with E-state index < -0.39 is 86.2 Å². The van der Waals surface area contributed by atoms with Crippen molar-refractivity contribution >= 4 is 5.69 Å². The van der Waals surface area contributed by atoms with Crippen molar-refractivity contribution < 1.29 is 69.1 Å². The van der Waals surface area contributed by atoms with Crippen molar-refractivity contribution in [3.8, 4) is 11.5 Å². The molecule has 16 heteroatoms. The summed E-state index contributed by atoms with van der Waals surface area (Å²) in [7, 11) is 0. The highest BCUT2D eigenvalue weighted by atomic mass is 16.7. The number of ether oxygens (including phenoxy) is 6. The van der Waals surface area contributed by atoms with Gasteiger partial charge in [-0.05, 0) is 6.07 Å². The van der Waals surface area contributed by atoms with Crippen LogP contribution in [0.15, 0.2) is 12.1 Å². The average molecular weight is 521 g/mol. The summed E-state index contributed by atoms with van der Waals surface area (Å²) >= 11 is 0. The molecule has 36 heavy (non-hydrogen) atoms. The van der Waals surface area contributed by atoms with Crippen LogP contribution in [0.5, 0.6) is 11.5 Å². The molecule has 1 aromatic rings. The molecule has 3 heterocycles. The first-order valence-corrected chi connectivity index (χ1v) is 10.9. The topological polar surface area (TPSA) is 240 Å². The van der Waals surface area contributed by atoms with Crippen molar-refractivity contribution in [3.63, 3.8) is 0 Å². The van der Waals surface area contributed by atoms with E-state index in [4.69, 9.17) is 28.4 Å². The predicted molar refractivity (Wildman–Crippen MR) is 110 cm³/mol. The number of nitro benzene ring substituents is 1. The van der Waals surface area contributed by atoms with E-state index in [1.165, 1.54) is 6.07 Å². The summed E-state index contributed by atoms with van der Waals surface area (Å²) < 4.78 is 32.0. The highest BCUT2D eigenvalue weighted by Crippen LogP contribution is 2.38. The van der Waals surface area contributed by atoms with Gasteiger partial charge in [0.05, 0.1) is 36.4 Å². The van der Waals surface area contributed by atoms with Crippen LogP contribution in [0.25, 0.3) is 0 Å². The second-order valence-corrected chi connectivity index (χ2v) is 8.41. The predicted octanol–water partition coefficient (Wildman–Crippen LogP) is -3.54. The van der Waals surface area contributed by atoms with E-state index in [2.05, 4.69) is 0 Å². The van der Waals surface area contributed by atoms with Gasteiger partial charge in [-0.3, -0.25) is 10.1 Å². The van der Waals surface area contributed by atoms with Crippen LogP contribution in [-0.2, 0) is 25.6 Å². The molecule has 16 nitrogen and oxygen atoms in total. The number of nitro groups is 1. The molecule has 2 saturated heterocycles. The number of aliphatic hydroxyl groups is 7. The van der Waals surface area contributed by atoms with E-state index in [1.54, 1.807) is 0 Å². The van der Waals surface area contributed by atoms with Crippen molar-refractivity contribution in [1.82, 2.24) is 0 Å². The van der Waals surface area contributed by atoms with Gasteiger partial charge in [0.2, 0.25) is 6.79 Å². The maximum atomic E-state index is 11.4. The van der Waals surface area contributed by atoms with Gasteiger partial charge < -0.3 is 64.2 Å². The van der Waals surface area contributed by atoms with Gasteiger partial charge in [-0.15, -0.1) is 0 Å². The Bertz CT molecular complexity index is 929. The summed E-state index contributed by atoms with van der Waals surface area (Å²) in [5, 5.41) is 81.7. The van der Waals surface area contributed by atoms with Crippen molar-refractivity contribution in [2.45, 2.75) is 68.0 Å². The molecule has 0 saturated carbocycles. The SMILES string of the molecule is O=[N+]([O-])c1cc2c(cc1CO[C@@H]1O[C@H](CO)[C@@H](O[C@@H]3O[C@H](CO)[C@H](O)[C@H](O)[C@H]3O)[C@H](O)[C@H]1O)OCO2. The van der Waals surface area contributed by atoms with Crippen LogP contribution in [0.1, 0.15) is 5.56 Å². The Morgan fingerprint density at radius 3 is 2.11 bits per heavy atom. The Labute approximate surface area is 202 Å². The lowest BCUT2D eigenvalue weighted by molar-refractivity contribution is -0.386. The summed E-state index contributed by atoms with van der Waals surface area (Å²) in [6.45, 7) is -2.03. The average Bonchev–Trinajstić information content (AvgIpc) is 3.33. The lowest BCUT2D eigenvalue weighted by Gasteiger charge is -2.45. The molecule has 0 aromatic heterocycles. The van der Waals surface area contributed by atoms with Crippen molar-refractivity contribution in [3.05, 3.63) is 27.8 Å². The van der Waals surface area contributed by atoms with Crippen molar-refractivity contribution in [2.24, 2.45) is 0 Å². The van der Waals surface area contributed by atoms with E-state index in [0.29, 0.717) is 0 Å². The molecular weight excluding hydrogens is 494 g/mol. The van der Waals surface area contributed by atoms with E-state index in [1.807, 2.05) is 0 Å². The second-order valence-electron chi connectivity index (χ2n) is 8.41. The maximum Gasteiger partial charge on any atom is 0.278 e. The Morgan fingerprint density at radius 2 is 1.47 bits per heavy atom. The summed E-state index contributed by atoms with van der Waals surface area (Å²) in [5.74, 6) is 0.439. The smallest absolute Gasteiger partial charge is 0.278 e. The van der Waals surface area contributed by atoms with E-state index in [-0.39, 0.29) is 29.5 Å². The number of hydrogen-bond acceptors (Lipinski definition) is 15. The summed E-state index contributed by atoms with van der Waals surface area (Å²) in [6, 6.07) is 2.50. The fourth-order valence-electron chi connectivity index (χ4n) is 4.12. The van der Waals surface area contributed by atoms with E-state index >= 15 is 0 Å². The molecule has 1 aromatic carbocycles. The molecule has 0 bridgehead atoms. The van der Waals surface area contributed by atoms with Crippen LogP contribution >= 0.6 is 0 Å². The number of aliphatic hydroxyl groups excluding tert-OH is 7. The van der Waals surface area contributed by atoms with Gasteiger partial charge in [0.1, 0.15) is 48.8 Å². The second kappa shape index (κ2) is 11.0. The molecule has 0 unspecified atom stereocenters. The maximum absolute atomic E-state index is 11.4. The zero-order valence-corrected chi connectivity index (χ0v) is 18.6. The van der Waals surface area contributed by atoms with Gasteiger partial charge >= 0.3 is 0 Å². The quantitative estimate of drug-likeness (QED) is 0.129. The van der Waals surface area contributed by atoms with Crippen LogP contribution < -0.4 is 9.47 Å². The van der Waals surface area contributed by atoms with E-state index in [9.17, 15) is 45.9 Å². The zero-order valence-electron chi connectivity index (χ0n) is 18.6. The van der Waals surface area contributed by atoms with E-state index in [0.717, 1.165) is 6.07 Å². The van der Waals surface area contributed by atoms with Crippen LogP contribution in [0.2, 0.25) is 0 Å². The zero-order chi connectivity index (χ0) is 26.1. The number of rotatable bonds is 8. The van der Waals surface area contributed by atoms with Crippen LogP contribution in [0.3, 0.4) is 0 Å². The first-order valence-electron chi connectivity index (χ1n) is 10.9. The molecule has 10 atom stereocenters. The van der Waals surface area contributed by atoms with Gasteiger partial charge in [0.15, 0.2) is 24.1 Å². The largest absolute Gasteiger partial charge is 0.454 e. The van der Waals surface area contributed by atoms with Crippen molar-refractivity contribution in [1.29, 1.82) is 0 Å². The lowest BCUT2D eigenvalue weighted by Crippen LogP contribution is -2.64. The Balaban J connectivity index is 1.45. The normalized spacial score (nSPS) is 38.2. The van der Waals surface area contributed by atoms with Gasteiger partial charge in [0, 0.05) is 0 Å². The fourth-order valence-corrected chi connectivity index (χ4v) is 4.12. The number of hydrogen-bond donors (Lipinski definition) is 7. The summed E-state index contributed by atoms with van der Waals surface area (Å²) in [6.07, 6.45) is -16.1. The molecule has 202 valence electrons. The third-order valence-electron chi connectivity index (χ3n) is 6.13. The minimum atomic E-state index is -1.80. The van der Waals surface area contributed by atoms with Crippen LogP contribution in [0.4, 0.5) is 5.69 Å². The first-order chi connectivity index (χ1) is 17.2. The molecule has 7 N–H and O–H groups in total. The molecule has 3 aliphatic heterocycles. The van der Waals surface area contributed by atoms with Gasteiger partial charge in [-0.2, -0.15) is 0 Å². The summed E-state index contributed by atoms with van der Waals surface area (Å²) in [4.78, 5) is 10.8. The molecular formula is C20H27NO15. The monoisotopic (exact) mass is 521 g/mol. The lowest BCUT2D eigenvalue weighted by atomic mass is 9.97. The number of fused-ring (bicyclic) bond motifs is 1. The highest BCUT2D eigenvalue weighted by Gasteiger charge is 2.50.